The molecule has 19 heavy (non-hydrogen) atoms. The van der Waals surface area contributed by atoms with Crippen molar-refractivity contribution < 1.29 is 18.0 Å². The van der Waals surface area contributed by atoms with Crippen molar-refractivity contribution in [1.29, 1.82) is 0 Å². The molecule has 0 bridgehead atoms. The van der Waals surface area contributed by atoms with Gasteiger partial charge in [-0.05, 0) is 26.7 Å². The van der Waals surface area contributed by atoms with Crippen LogP contribution in [0.4, 0.5) is 13.2 Å². The van der Waals surface area contributed by atoms with Crippen LogP contribution < -0.4 is 5.32 Å². The molecule has 1 rings (SSSR count). The van der Waals surface area contributed by atoms with Crippen LogP contribution in [0.15, 0.2) is 0 Å². The third kappa shape index (κ3) is 4.67. The van der Waals surface area contributed by atoms with Crippen LogP contribution in [0.25, 0.3) is 0 Å². The molecule has 1 aliphatic carbocycles. The van der Waals surface area contributed by atoms with Gasteiger partial charge in [0.2, 0.25) is 5.91 Å². The first-order valence-corrected chi connectivity index (χ1v) is 6.98. The van der Waals surface area contributed by atoms with Gasteiger partial charge in [0.05, 0.1) is 12.5 Å². The molecule has 1 N–H and O–H groups in total. The van der Waals surface area contributed by atoms with Crippen molar-refractivity contribution >= 4 is 5.91 Å². The highest BCUT2D eigenvalue weighted by molar-refractivity contribution is 5.78. The lowest BCUT2D eigenvalue weighted by molar-refractivity contribution is -0.189. The molecule has 1 saturated carbocycles. The minimum absolute atomic E-state index is 0.00106. The summed E-state index contributed by atoms with van der Waals surface area (Å²) in [5, 5.41) is 2.82. The average Bonchev–Trinajstić information content (AvgIpc) is 2.37. The van der Waals surface area contributed by atoms with E-state index in [2.05, 4.69) is 5.32 Å². The second-order valence-electron chi connectivity index (χ2n) is 4.99. The number of hydrogen-bond donors (Lipinski definition) is 1. The Hall–Kier alpha value is -0.780. The van der Waals surface area contributed by atoms with Gasteiger partial charge >= 0.3 is 6.18 Å². The zero-order chi connectivity index (χ0) is 14.5. The topological polar surface area (TPSA) is 32.3 Å². The van der Waals surface area contributed by atoms with Gasteiger partial charge in [0.15, 0.2) is 0 Å². The molecule has 0 aromatic carbocycles. The summed E-state index contributed by atoms with van der Waals surface area (Å²) in [5.41, 5.74) is 0. The van der Waals surface area contributed by atoms with Crippen LogP contribution in [0.2, 0.25) is 0 Å². The third-order valence-electron chi connectivity index (χ3n) is 3.82. The fourth-order valence-electron chi connectivity index (χ4n) is 2.67. The van der Waals surface area contributed by atoms with Crippen LogP contribution in [0.5, 0.6) is 0 Å². The largest absolute Gasteiger partial charge is 0.393 e. The summed E-state index contributed by atoms with van der Waals surface area (Å²) < 4.78 is 38.6. The highest BCUT2D eigenvalue weighted by Crippen LogP contribution is 2.37. The normalized spacial score (nSPS) is 24.3. The minimum atomic E-state index is -4.17. The van der Waals surface area contributed by atoms with Crippen molar-refractivity contribution in [3.63, 3.8) is 0 Å². The van der Waals surface area contributed by atoms with E-state index in [-0.39, 0.29) is 18.9 Å². The number of rotatable bonds is 5. The van der Waals surface area contributed by atoms with E-state index in [4.69, 9.17) is 0 Å². The first kappa shape index (κ1) is 16.3. The smallest absolute Gasteiger partial charge is 0.342 e. The predicted octanol–water partition coefficient (Wildman–Crippen LogP) is 2.57. The number of carbonyl (C=O) groups excluding carboxylic acids is 1. The molecule has 112 valence electrons. The lowest BCUT2D eigenvalue weighted by atomic mass is 9.84. The quantitative estimate of drug-likeness (QED) is 0.839. The molecule has 1 amide bonds. The molecule has 2 atom stereocenters. The van der Waals surface area contributed by atoms with E-state index in [0.29, 0.717) is 25.9 Å². The summed E-state index contributed by atoms with van der Waals surface area (Å²) >= 11 is 0. The van der Waals surface area contributed by atoms with Gasteiger partial charge in [-0.3, -0.25) is 4.79 Å². The van der Waals surface area contributed by atoms with E-state index >= 15 is 0 Å². The summed E-state index contributed by atoms with van der Waals surface area (Å²) in [5.74, 6) is -1.44. The summed E-state index contributed by atoms with van der Waals surface area (Å²) in [7, 11) is 0. The molecule has 2 unspecified atom stereocenters. The van der Waals surface area contributed by atoms with Crippen molar-refractivity contribution in [1.82, 2.24) is 10.2 Å². The van der Waals surface area contributed by atoms with Crippen LogP contribution in [-0.2, 0) is 4.79 Å². The lowest BCUT2D eigenvalue weighted by Crippen LogP contribution is -2.49. The molecule has 0 aromatic heterocycles. The zero-order valence-corrected chi connectivity index (χ0v) is 11.6. The maximum absolute atomic E-state index is 12.9. The van der Waals surface area contributed by atoms with Crippen LogP contribution in [0, 0.1) is 5.92 Å². The Morgan fingerprint density at radius 1 is 1.21 bits per heavy atom. The molecule has 0 spiro atoms. The minimum Gasteiger partial charge on any atom is -0.342 e. The lowest BCUT2D eigenvalue weighted by Gasteiger charge is -2.34. The summed E-state index contributed by atoms with van der Waals surface area (Å²) in [6.45, 7) is 4.90. The Labute approximate surface area is 112 Å². The number of alkyl halides is 3. The highest BCUT2D eigenvalue weighted by atomic mass is 19.4. The van der Waals surface area contributed by atoms with Crippen molar-refractivity contribution in [3.05, 3.63) is 0 Å². The Morgan fingerprint density at radius 2 is 1.79 bits per heavy atom. The first-order chi connectivity index (χ1) is 8.90. The second-order valence-corrected chi connectivity index (χ2v) is 4.99. The van der Waals surface area contributed by atoms with E-state index in [1.54, 1.807) is 4.90 Å². The van der Waals surface area contributed by atoms with E-state index in [1.165, 1.54) is 0 Å². The van der Waals surface area contributed by atoms with Gasteiger partial charge in [0.25, 0.3) is 0 Å². The molecule has 0 aliphatic heterocycles. The molecular formula is C13H23F3N2O. The molecule has 1 aliphatic rings. The van der Waals surface area contributed by atoms with Crippen molar-refractivity contribution in [2.75, 3.05) is 19.6 Å². The fraction of sp³-hybridized carbons (Fsp3) is 0.923. The maximum Gasteiger partial charge on any atom is 0.393 e. The number of nitrogens with zero attached hydrogens (tertiary/aromatic N) is 1. The van der Waals surface area contributed by atoms with Crippen LogP contribution in [-0.4, -0.2) is 42.7 Å². The predicted molar refractivity (Wildman–Crippen MR) is 67.7 cm³/mol. The van der Waals surface area contributed by atoms with Crippen molar-refractivity contribution in [2.45, 2.75) is 51.7 Å². The number of amides is 1. The monoisotopic (exact) mass is 280 g/mol. The van der Waals surface area contributed by atoms with E-state index in [0.717, 1.165) is 6.42 Å². The van der Waals surface area contributed by atoms with Gasteiger partial charge in [-0.2, -0.15) is 13.2 Å². The van der Waals surface area contributed by atoms with Gasteiger partial charge < -0.3 is 10.2 Å². The van der Waals surface area contributed by atoms with Crippen LogP contribution >= 0.6 is 0 Å². The standard InChI is InChI=1S/C13H23F3N2O/c1-3-18(4-2)12(19)9-17-11-8-6-5-7-10(11)13(14,15)16/h10-11,17H,3-9H2,1-2H3. The summed E-state index contributed by atoms with van der Waals surface area (Å²) in [6, 6.07) is -0.617. The number of hydrogen-bond acceptors (Lipinski definition) is 2. The van der Waals surface area contributed by atoms with Gasteiger partial charge in [-0.1, -0.05) is 12.8 Å². The fourth-order valence-corrected chi connectivity index (χ4v) is 2.67. The average molecular weight is 280 g/mol. The molecular weight excluding hydrogens is 257 g/mol. The van der Waals surface area contributed by atoms with Gasteiger partial charge in [0.1, 0.15) is 0 Å². The molecule has 0 radical (unpaired) electrons. The number of halogens is 3. The molecule has 6 heteroatoms. The highest BCUT2D eigenvalue weighted by Gasteiger charge is 2.45. The van der Waals surface area contributed by atoms with E-state index in [1.807, 2.05) is 13.8 Å². The van der Waals surface area contributed by atoms with E-state index < -0.39 is 18.1 Å². The Kier molecular flexibility index (Phi) is 6.10. The molecule has 0 heterocycles. The maximum atomic E-state index is 12.9. The zero-order valence-electron chi connectivity index (χ0n) is 11.6. The summed E-state index contributed by atoms with van der Waals surface area (Å²) in [6.07, 6.45) is -2.09. The SMILES string of the molecule is CCN(CC)C(=O)CNC1CCCCC1C(F)(F)F. The molecule has 0 saturated heterocycles. The molecule has 1 fully saturated rings. The van der Waals surface area contributed by atoms with Crippen LogP contribution in [0.3, 0.4) is 0 Å². The van der Waals surface area contributed by atoms with Crippen molar-refractivity contribution in [2.24, 2.45) is 5.92 Å². The first-order valence-electron chi connectivity index (χ1n) is 6.98. The number of nitrogens with one attached hydrogen (secondary N) is 1. The number of carbonyl (C=O) groups is 1. The Balaban J connectivity index is 2.52. The molecule has 0 aromatic rings. The summed E-state index contributed by atoms with van der Waals surface area (Å²) in [4.78, 5) is 13.4. The van der Waals surface area contributed by atoms with E-state index in [9.17, 15) is 18.0 Å². The Bertz CT molecular complexity index is 290. The van der Waals surface area contributed by atoms with Gasteiger partial charge in [-0.15, -0.1) is 0 Å². The van der Waals surface area contributed by atoms with Gasteiger partial charge in [0, 0.05) is 19.1 Å². The van der Waals surface area contributed by atoms with Crippen molar-refractivity contribution in [3.8, 4) is 0 Å². The molecule has 3 nitrogen and oxygen atoms in total. The number of likely N-dealkylation sites (N-methyl/N-ethyl adjacent to an activating group) is 1. The third-order valence-corrected chi connectivity index (χ3v) is 3.82. The van der Waals surface area contributed by atoms with Crippen LogP contribution in [0.1, 0.15) is 39.5 Å². The Morgan fingerprint density at radius 3 is 2.32 bits per heavy atom. The van der Waals surface area contributed by atoms with Gasteiger partial charge in [-0.25, -0.2) is 0 Å². The second kappa shape index (κ2) is 7.12.